The highest BCUT2D eigenvalue weighted by Crippen LogP contribution is 2.44. The van der Waals surface area contributed by atoms with E-state index in [9.17, 15) is 30.1 Å². The number of ether oxygens (including phenoxy) is 1. The molecule has 0 radical (unpaired) electrons. The van der Waals surface area contributed by atoms with Gasteiger partial charge in [-0.3, -0.25) is 20.2 Å². The third-order valence-corrected chi connectivity index (χ3v) is 3.70. The lowest BCUT2D eigenvalue weighted by Gasteiger charge is -1.98. The molecular formula is C11H8N2O7S. The zero-order valence-corrected chi connectivity index (χ0v) is 11.4. The number of carbonyl (C=O) groups excluding carboxylic acids is 1. The number of fused-ring (bicyclic) bond motifs is 1. The number of thiophene rings is 1. The number of nitrogens with zero attached hydrogens (tertiary/aromatic N) is 2. The molecule has 0 bridgehead atoms. The van der Waals surface area contributed by atoms with Crippen LogP contribution in [-0.2, 0) is 4.74 Å². The third kappa shape index (κ3) is 2.48. The molecule has 2 aromatic rings. The first-order valence-corrected chi connectivity index (χ1v) is 6.43. The summed E-state index contributed by atoms with van der Waals surface area (Å²) in [6, 6.07) is 1.80. The second-order valence-corrected chi connectivity index (χ2v) is 4.90. The highest BCUT2D eigenvalue weighted by Gasteiger charge is 2.28. The Kier molecular flexibility index (Phi) is 3.72. The van der Waals surface area contributed by atoms with Crippen LogP contribution in [0.15, 0.2) is 12.1 Å². The van der Waals surface area contributed by atoms with Gasteiger partial charge in [0.1, 0.15) is 5.39 Å². The molecule has 0 atom stereocenters. The quantitative estimate of drug-likeness (QED) is 0.521. The van der Waals surface area contributed by atoms with Gasteiger partial charge in [0, 0.05) is 6.07 Å². The summed E-state index contributed by atoms with van der Waals surface area (Å²) in [4.78, 5) is 31.6. The SMILES string of the molecule is CCOC(=O)c1sc2cc([N+](=O)[O-])cc([N+](=O)[O-])c2c1O. The fourth-order valence-electron chi connectivity index (χ4n) is 1.76. The molecule has 0 spiro atoms. The van der Waals surface area contributed by atoms with Crippen molar-refractivity contribution in [2.24, 2.45) is 0 Å². The number of hydrogen-bond donors (Lipinski definition) is 1. The number of rotatable bonds is 4. The van der Waals surface area contributed by atoms with Gasteiger partial charge in [0.25, 0.3) is 11.4 Å². The summed E-state index contributed by atoms with van der Waals surface area (Å²) in [5.74, 6) is -1.44. The first-order chi connectivity index (χ1) is 9.86. The van der Waals surface area contributed by atoms with Crippen LogP contribution in [0.5, 0.6) is 5.75 Å². The molecule has 110 valence electrons. The molecule has 10 heteroatoms. The molecule has 0 saturated heterocycles. The number of nitro groups is 2. The Morgan fingerprint density at radius 3 is 2.52 bits per heavy atom. The fraction of sp³-hybridized carbons (Fsp3) is 0.182. The van der Waals surface area contributed by atoms with Crippen molar-refractivity contribution in [3.63, 3.8) is 0 Å². The molecule has 9 nitrogen and oxygen atoms in total. The molecular weight excluding hydrogens is 304 g/mol. The average Bonchev–Trinajstić information content (AvgIpc) is 2.75. The molecule has 0 aliphatic heterocycles. The van der Waals surface area contributed by atoms with Crippen LogP contribution in [0.3, 0.4) is 0 Å². The van der Waals surface area contributed by atoms with E-state index in [1.165, 1.54) is 0 Å². The summed E-state index contributed by atoms with van der Waals surface area (Å²) in [6.45, 7) is 1.63. The normalized spacial score (nSPS) is 10.5. The smallest absolute Gasteiger partial charge is 0.352 e. The summed E-state index contributed by atoms with van der Waals surface area (Å²) in [6.07, 6.45) is 0. The van der Waals surface area contributed by atoms with Gasteiger partial charge in [-0.2, -0.15) is 0 Å². The van der Waals surface area contributed by atoms with Crippen molar-refractivity contribution >= 4 is 38.8 Å². The minimum atomic E-state index is -0.850. The number of non-ortho nitro benzene ring substituents is 2. The number of esters is 1. The predicted octanol–water partition coefficient (Wildman–Crippen LogP) is 2.60. The molecule has 0 fully saturated rings. The van der Waals surface area contributed by atoms with E-state index < -0.39 is 32.9 Å². The fourth-order valence-corrected chi connectivity index (χ4v) is 2.81. The van der Waals surface area contributed by atoms with E-state index in [1.807, 2.05) is 0 Å². The largest absolute Gasteiger partial charge is 0.505 e. The number of hydrogen-bond acceptors (Lipinski definition) is 8. The van der Waals surface area contributed by atoms with Crippen molar-refractivity contribution in [2.75, 3.05) is 6.61 Å². The van der Waals surface area contributed by atoms with Crippen LogP contribution in [0.2, 0.25) is 0 Å². The van der Waals surface area contributed by atoms with E-state index in [4.69, 9.17) is 4.74 Å². The highest BCUT2D eigenvalue weighted by molar-refractivity contribution is 7.21. The van der Waals surface area contributed by atoms with Crippen LogP contribution in [-0.4, -0.2) is 27.5 Å². The molecule has 1 heterocycles. The van der Waals surface area contributed by atoms with E-state index in [0.717, 1.165) is 12.1 Å². The first kappa shape index (κ1) is 14.7. The maximum absolute atomic E-state index is 11.7. The van der Waals surface area contributed by atoms with E-state index in [-0.39, 0.29) is 21.6 Å². The molecule has 0 saturated carbocycles. The molecule has 1 N–H and O–H groups in total. The summed E-state index contributed by atoms with van der Waals surface area (Å²) >= 11 is 0.702. The average molecular weight is 312 g/mol. The maximum atomic E-state index is 11.7. The van der Waals surface area contributed by atoms with Gasteiger partial charge in [0.2, 0.25) is 0 Å². The van der Waals surface area contributed by atoms with Crippen LogP contribution in [0.25, 0.3) is 10.1 Å². The number of aromatic hydroxyl groups is 1. The van der Waals surface area contributed by atoms with Crippen molar-refractivity contribution in [3.8, 4) is 5.75 Å². The molecule has 1 aromatic heterocycles. The van der Waals surface area contributed by atoms with E-state index in [2.05, 4.69) is 0 Å². The van der Waals surface area contributed by atoms with Gasteiger partial charge in [-0.1, -0.05) is 0 Å². The maximum Gasteiger partial charge on any atom is 0.352 e. The summed E-state index contributed by atoms with van der Waals surface area (Å²) < 4.78 is 4.79. The lowest BCUT2D eigenvalue weighted by Crippen LogP contribution is -2.02. The molecule has 0 aliphatic rings. The van der Waals surface area contributed by atoms with Crippen molar-refractivity contribution in [2.45, 2.75) is 6.92 Å². The minimum absolute atomic E-state index is 0.0642. The van der Waals surface area contributed by atoms with Crippen molar-refractivity contribution < 1.29 is 24.5 Å². The van der Waals surface area contributed by atoms with E-state index in [1.54, 1.807) is 6.92 Å². The Balaban J connectivity index is 2.77. The van der Waals surface area contributed by atoms with Gasteiger partial charge in [-0.05, 0) is 6.92 Å². The summed E-state index contributed by atoms with van der Waals surface area (Å²) in [5, 5.41) is 31.6. The second kappa shape index (κ2) is 5.32. The Bertz CT molecular complexity index is 768. The van der Waals surface area contributed by atoms with Gasteiger partial charge in [0.05, 0.1) is 27.2 Å². The predicted molar refractivity (Wildman–Crippen MR) is 72.8 cm³/mol. The van der Waals surface area contributed by atoms with Gasteiger partial charge in [-0.25, -0.2) is 4.79 Å². The van der Waals surface area contributed by atoms with Gasteiger partial charge >= 0.3 is 5.97 Å². The van der Waals surface area contributed by atoms with E-state index in [0.29, 0.717) is 11.3 Å². The Morgan fingerprint density at radius 1 is 1.33 bits per heavy atom. The summed E-state index contributed by atoms with van der Waals surface area (Å²) in [5.41, 5.74) is -1.13. The number of carbonyl (C=O) groups is 1. The minimum Gasteiger partial charge on any atom is -0.505 e. The highest BCUT2D eigenvalue weighted by atomic mass is 32.1. The summed E-state index contributed by atoms with van der Waals surface area (Å²) in [7, 11) is 0. The molecule has 0 amide bonds. The van der Waals surface area contributed by atoms with Crippen LogP contribution >= 0.6 is 11.3 Å². The zero-order valence-electron chi connectivity index (χ0n) is 10.6. The molecule has 2 rings (SSSR count). The van der Waals surface area contributed by atoms with Crippen LogP contribution in [0, 0.1) is 20.2 Å². The van der Waals surface area contributed by atoms with Gasteiger partial charge in [0.15, 0.2) is 10.6 Å². The standard InChI is InChI=1S/C11H8N2O7S/c1-2-20-11(15)10-9(14)8-6(13(18)19)3-5(12(16)17)4-7(8)21-10/h3-4,14H,2H2,1H3. The van der Waals surface area contributed by atoms with Gasteiger partial charge in [-0.15, -0.1) is 11.3 Å². The monoisotopic (exact) mass is 312 g/mol. The van der Waals surface area contributed by atoms with Crippen LogP contribution < -0.4 is 0 Å². The number of benzene rings is 1. The first-order valence-electron chi connectivity index (χ1n) is 5.62. The zero-order chi connectivity index (χ0) is 15.7. The lowest BCUT2D eigenvalue weighted by atomic mass is 10.2. The Morgan fingerprint density at radius 2 is 2.00 bits per heavy atom. The molecule has 0 unspecified atom stereocenters. The Hall–Kier alpha value is -2.75. The lowest BCUT2D eigenvalue weighted by molar-refractivity contribution is -0.393. The van der Waals surface area contributed by atoms with Crippen LogP contribution in [0.4, 0.5) is 11.4 Å². The second-order valence-electron chi connectivity index (χ2n) is 3.85. The number of nitro benzene ring substituents is 2. The van der Waals surface area contributed by atoms with Crippen molar-refractivity contribution in [1.29, 1.82) is 0 Å². The third-order valence-electron chi connectivity index (χ3n) is 2.60. The van der Waals surface area contributed by atoms with Crippen molar-refractivity contribution in [1.82, 2.24) is 0 Å². The van der Waals surface area contributed by atoms with E-state index >= 15 is 0 Å². The van der Waals surface area contributed by atoms with Gasteiger partial charge < -0.3 is 9.84 Å². The van der Waals surface area contributed by atoms with Crippen molar-refractivity contribution in [3.05, 3.63) is 37.2 Å². The Labute approximate surface area is 120 Å². The molecule has 0 aliphatic carbocycles. The topological polar surface area (TPSA) is 133 Å². The molecule has 1 aromatic carbocycles. The van der Waals surface area contributed by atoms with Crippen LogP contribution in [0.1, 0.15) is 16.6 Å². The molecule has 21 heavy (non-hydrogen) atoms.